The van der Waals surface area contributed by atoms with Gasteiger partial charge >= 0.3 is 0 Å². The molecule has 0 radical (unpaired) electrons. The predicted molar refractivity (Wildman–Crippen MR) is 131 cm³/mol. The van der Waals surface area contributed by atoms with Crippen LogP contribution in [0.1, 0.15) is 66.3 Å². The Balaban J connectivity index is 1.54. The fraction of sp³-hybridized carbons (Fsp3) is 0.556. The van der Waals surface area contributed by atoms with E-state index in [-0.39, 0.29) is 11.3 Å². The number of aryl methyl sites for hydroxylation is 1. The topological polar surface area (TPSA) is 63.6 Å². The standard InChI is InChI=1S/C27H37N3O3/c1-4-23-26(27(32)28-17-21-8-7-15-29-14-6-5-9-24(21)29)25(31)16-19(2)30(23)18-20-10-12-22(33-3)13-11-20/h10-13,16,21,24H,4-9,14-15,17-18H2,1-3H3,(H,28,32)/t21-,24+/m0/s1. The van der Waals surface area contributed by atoms with Crippen LogP contribution in [0.5, 0.6) is 5.75 Å². The van der Waals surface area contributed by atoms with Gasteiger partial charge < -0.3 is 19.5 Å². The molecule has 0 aliphatic carbocycles. The van der Waals surface area contributed by atoms with Gasteiger partial charge in [0, 0.05) is 36.6 Å². The SMILES string of the molecule is CCc1c(C(=O)NC[C@@H]2CCCN3CCCC[C@H]23)c(=O)cc(C)n1Cc1ccc(OC)cc1. The zero-order valence-corrected chi connectivity index (χ0v) is 20.2. The van der Waals surface area contributed by atoms with E-state index in [1.54, 1.807) is 13.2 Å². The van der Waals surface area contributed by atoms with Crippen molar-refractivity contribution >= 4 is 5.91 Å². The Morgan fingerprint density at radius 3 is 2.61 bits per heavy atom. The number of nitrogens with zero attached hydrogens (tertiary/aromatic N) is 2. The van der Waals surface area contributed by atoms with E-state index in [0.717, 1.165) is 29.1 Å². The van der Waals surface area contributed by atoms with Crippen molar-refractivity contribution in [3.05, 3.63) is 63.1 Å². The first-order chi connectivity index (χ1) is 16.0. The van der Waals surface area contributed by atoms with Gasteiger partial charge in [0.15, 0.2) is 5.43 Å². The molecule has 1 N–H and O–H groups in total. The Bertz CT molecular complexity index is 1030. The van der Waals surface area contributed by atoms with Gasteiger partial charge in [-0.2, -0.15) is 0 Å². The predicted octanol–water partition coefficient (Wildman–Crippen LogP) is 3.77. The van der Waals surface area contributed by atoms with E-state index in [0.29, 0.717) is 37.0 Å². The maximum atomic E-state index is 13.3. The summed E-state index contributed by atoms with van der Waals surface area (Å²) in [5, 5.41) is 3.15. The van der Waals surface area contributed by atoms with Crippen LogP contribution in [0.15, 0.2) is 35.1 Å². The van der Waals surface area contributed by atoms with Crippen molar-refractivity contribution in [2.24, 2.45) is 5.92 Å². The highest BCUT2D eigenvalue weighted by atomic mass is 16.5. The molecule has 0 saturated carbocycles. The first kappa shape index (κ1) is 23.6. The smallest absolute Gasteiger partial charge is 0.257 e. The minimum atomic E-state index is -0.228. The van der Waals surface area contributed by atoms with Gasteiger partial charge in [-0.3, -0.25) is 9.59 Å². The van der Waals surface area contributed by atoms with Crippen LogP contribution in [0.4, 0.5) is 0 Å². The largest absolute Gasteiger partial charge is 0.497 e. The van der Waals surface area contributed by atoms with Crippen LogP contribution in [0.3, 0.4) is 0 Å². The molecular weight excluding hydrogens is 414 g/mol. The molecule has 1 amide bonds. The molecule has 2 fully saturated rings. The molecule has 0 spiro atoms. The average molecular weight is 452 g/mol. The molecule has 178 valence electrons. The van der Waals surface area contributed by atoms with E-state index < -0.39 is 0 Å². The summed E-state index contributed by atoms with van der Waals surface area (Å²) < 4.78 is 7.36. The molecule has 3 heterocycles. The van der Waals surface area contributed by atoms with Crippen molar-refractivity contribution in [2.45, 2.75) is 65.0 Å². The first-order valence-corrected chi connectivity index (χ1v) is 12.4. The fourth-order valence-electron chi connectivity index (χ4n) is 5.70. The summed E-state index contributed by atoms with van der Waals surface area (Å²) in [7, 11) is 1.65. The molecule has 4 rings (SSSR count). The third-order valence-corrected chi connectivity index (χ3v) is 7.44. The molecule has 0 bridgehead atoms. The Hall–Kier alpha value is -2.60. The Morgan fingerprint density at radius 1 is 1.12 bits per heavy atom. The molecule has 2 aliphatic heterocycles. The van der Waals surface area contributed by atoms with Gasteiger partial charge in [0.2, 0.25) is 0 Å². The molecular formula is C27H37N3O3. The van der Waals surface area contributed by atoms with Gasteiger partial charge in [-0.25, -0.2) is 0 Å². The second-order valence-electron chi connectivity index (χ2n) is 9.47. The molecule has 2 atom stereocenters. The lowest BCUT2D eigenvalue weighted by molar-refractivity contribution is 0.0575. The van der Waals surface area contributed by atoms with Crippen molar-refractivity contribution in [3.63, 3.8) is 0 Å². The van der Waals surface area contributed by atoms with Crippen LogP contribution >= 0.6 is 0 Å². The summed E-state index contributed by atoms with van der Waals surface area (Å²) in [4.78, 5) is 28.8. The minimum absolute atomic E-state index is 0.184. The normalized spacial score (nSPS) is 20.8. The zero-order chi connectivity index (χ0) is 23.4. The number of hydrogen-bond acceptors (Lipinski definition) is 4. The van der Waals surface area contributed by atoms with E-state index in [1.165, 1.54) is 38.8 Å². The fourth-order valence-corrected chi connectivity index (χ4v) is 5.70. The van der Waals surface area contributed by atoms with Gasteiger partial charge in [-0.15, -0.1) is 0 Å². The van der Waals surface area contributed by atoms with E-state index >= 15 is 0 Å². The molecule has 33 heavy (non-hydrogen) atoms. The van der Waals surface area contributed by atoms with Crippen LogP contribution in [0, 0.1) is 12.8 Å². The number of ether oxygens (including phenoxy) is 1. The molecule has 2 saturated heterocycles. The maximum absolute atomic E-state index is 13.3. The van der Waals surface area contributed by atoms with Gasteiger partial charge in [-0.1, -0.05) is 25.5 Å². The maximum Gasteiger partial charge on any atom is 0.257 e. The monoisotopic (exact) mass is 451 g/mol. The van der Waals surface area contributed by atoms with Crippen molar-refractivity contribution < 1.29 is 9.53 Å². The number of carbonyl (C=O) groups is 1. The average Bonchev–Trinajstić information content (AvgIpc) is 2.84. The molecule has 1 aromatic heterocycles. The molecule has 6 heteroatoms. The van der Waals surface area contributed by atoms with Crippen molar-refractivity contribution in [2.75, 3.05) is 26.7 Å². The highest BCUT2D eigenvalue weighted by molar-refractivity contribution is 5.95. The number of nitrogens with one attached hydrogen (secondary N) is 1. The van der Waals surface area contributed by atoms with Crippen molar-refractivity contribution in [1.29, 1.82) is 0 Å². The van der Waals surface area contributed by atoms with Gasteiger partial charge in [0.25, 0.3) is 5.91 Å². The summed E-state index contributed by atoms with van der Waals surface area (Å²) in [6.45, 7) is 7.57. The van der Waals surface area contributed by atoms with Crippen LogP contribution in [0.25, 0.3) is 0 Å². The number of amides is 1. The highest BCUT2D eigenvalue weighted by Crippen LogP contribution is 2.30. The van der Waals surface area contributed by atoms with Crippen LogP contribution in [0.2, 0.25) is 0 Å². The molecule has 6 nitrogen and oxygen atoms in total. The van der Waals surface area contributed by atoms with Gasteiger partial charge in [-0.05, 0) is 75.7 Å². The van der Waals surface area contributed by atoms with Crippen molar-refractivity contribution in [3.8, 4) is 5.75 Å². The first-order valence-electron chi connectivity index (χ1n) is 12.4. The lowest BCUT2D eigenvalue weighted by Gasteiger charge is -2.44. The number of aromatic nitrogens is 1. The number of benzene rings is 1. The summed E-state index contributed by atoms with van der Waals surface area (Å²) in [5.41, 5.74) is 2.89. The number of carbonyl (C=O) groups excluding carboxylic acids is 1. The second kappa shape index (κ2) is 10.6. The molecule has 0 unspecified atom stereocenters. The van der Waals surface area contributed by atoms with Crippen molar-refractivity contribution in [1.82, 2.24) is 14.8 Å². The third kappa shape index (κ3) is 5.16. The van der Waals surface area contributed by atoms with E-state index in [4.69, 9.17) is 4.74 Å². The highest BCUT2D eigenvalue weighted by Gasteiger charge is 2.33. The second-order valence-corrected chi connectivity index (χ2v) is 9.47. The lowest BCUT2D eigenvalue weighted by Crippen LogP contribution is -2.51. The number of methoxy groups -OCH3 is 1. The lowest BCUT2D eigenvalue weighted by atomic mass is 9.83. The molecule has 2 aliphatic rings. The van der Waals surface area contributed by atoms with Crippen LogP contribution in [-0.2, 0) is 13.0 Å². The van der Waals surface area contributed by atoms with Crippen LogP contribution in [-0.4, -0.2) is 48.2 Å². The Morgan fingerprint density at radius 2 is 1.88 bits per heavy atom. The van der Waals surface area contributed by atoms with Gasteiger partial charge in [0.05, 0.1) is 7.11 Å². The number of piperidine rings is 2. The number of pyridine rings is 1. The summed E-state index contributed by atoms with van der Waals surface area (Å²) in [6, 6.07) is 10.1. The zero-order valence-electron chi connectivity index (χ0n) is 20.2. The molecule has 1 aromatic carbocycles. The van der Waals surface area contributed by atoms with E-state index in [1.807, 2.05) is 38.1 Å². The number of hydrogen-bond donors (Lipinski definition) is 1. The number of rotatable bonds is 7. The third-order valence-electron chi connectivity index (χ3n) is 7.44. The Kier molecular flexibility index (Phi) is 7.53. The summed E-state index contributed by atoms with van der Waals surface area (Å²) >= 11 is 0. The van der Waals surface area contributed by atoms with Crippen LogP contribution < -0.4 is 15.5 Å². The van der Waals surface area contributed by atoms with E-state index in [9.17, 15) is 9.59 Å². The quantitative estimate of drug-likeness (QED) is 0.696. The minimum Gasteiger partial charge on any atom is -0.497 e. The van der Waals surface area contributed by atoms with Gasteiger partial charge in [0.1, 0.15) is 11.3 Å². The Labute approximate surface area is 196 Å². The van der Waals surface area contributed by atoms with E-state index in [2.05, 4.69) is 14.8 Å². The molecule has 2 aromatic rings. The number of fused-ring (bicyclic) bond motifs is 1. The summed E-state index contributed by atoms with van der Waals surface area (Å²) in [5.74, 6) is 1.05. The summed E-state index contributed by atoms with van der Waals surface area (Å²) in [6.07, 6.45) is 6.75.